The van der Waals surface area contributed by atoms with Gasteiger partial charge in [-0.25, -0.2) is 15.0 Å². The number of aromatic nitrogens is 2. The van der Waals surface area contributed by atoms with Crippen LogP contribution in [0.5, 0.6) is 0 Å². The first-order valence-electron chi connectivity index (χ1n) is 13.6. The fraction of sp³-hybridized carbons (Fsp3) is 0.741. The summed E-state index contributed by atoms with van der Waals surface area (Å²) >= 11 is 3.63. The fourth-order valence-corrected chi connectivity index (χ4v) is 7.08. The van der Waals surface area contributed by atoms with E-state index in [1.807, 2.05) is 17.7 Å². The van der Waals surface area contributed by atoms with Gasteiger partial charge in [-0.3, -0.25) is 0 Å². The summed E-state index contributed by atoms with van der Waals surface area (Å²) in [6, 6.07) is 0. The van der Waals surface area contributed by atoms with E-state index in [0.29, 0.717) is 0 Å². The maximum atomic E-state index is 4.94. The molecule has 2 aliphatic carbocycles. The molecule has 2 heterocycles. The SMILES string of the molecule is C(=Nc1nc2c(s1)CCCCCCCCCC2)Nc1nc2c(s1)CCCCCCCCCC2. The molecule has 0 aromatic carbocycles. The lowest BCUT2D eigenvalue weighted by atomic mass is 10.0. The van der Waals surface area contributed by atoms with Gasteiger partial charge in [0, 0.05) is 9.75 Å². The summed E-state index contributed by atoms with van der Waals surface area (Å²) in [6.07, 6.45) is 28.1. The molecule has 33 heavy (non-hydrogen) atoms. The summed E-state index contributed by atoms with van der Waals surface area (Å²) in [6.45, 7) is 0. The second kappa shape index (κ2) is 14.2. The molecule has 0 saturated heterocycles. The lowest BCUT2D eigenvalue weighted by molar-refractivity contribution is 0.559. The van der Waals surface area contributed by atoms with Crippen molar-refractivity contribution < 1.29 is 0 Å². The van der Waals surface area contributed by atoms with Crippen LogP contribution in [-0.2, 0) is 25.7 Å². The number of fused-ring (bicyclic) bond motifs is 2. The van der Waals surface area contributed by atoms with Crippen molar-refractivity contribution in [2.24, 2.45) is 4.99 Å². The van der Waals surface area contributed by atoms with Crippen LogP contribution in [0.3, 0.4) is 0 Å². The largest absolute Gasteiger partial charge is 0.322 e. The van der Waals surface area contributed by atoms with Gasteiger partial charge in [-0.2, -0.15) is 0 Å². The maximum Gasteiger partial charge on any atom is 0.210 e. The van der Waals surface area contributed by atoms with E-state index in [1.54, 1.807) is 11.3 Å². The Bertz CT molecular complexity index is 795. The van der Waals surface area contributed by atoms with Gasteiger partial charge in [0.25, 0.3) is 0 Å². The number of aryl methyl sites for hydroxylation is 4. The molecule has 0 amide bonds. The van der Waals surface area contributed by atoms with E-state index in [0.717, 1.165) is 23.1 Å². The third-order valence-corrected chi connectivity index (χ3v) is 9.20. The molecule has 6 heteroatoms. The predicted octanol–water partition coefficient (Wildman–Crippen LogP) is 8.81. The number of nitrogens with zero attached hydrogens (tertiary/aromatic N) is 3. The fourth-order valence-electron chi connectivity index (χ4n) is 5.07. The van der Waals surface area contributed by atoms with Crippen LogP contribution in [0.4, 0.5) is 10.3 Å². The molecule has 0 atom stereocenters. The monoisotopic (exact) mass is 486 g/mol. The molecule has 0 bridgehead atoms. The number of anilines is 1. The second-order valence-corrected chi connectivity index (χ2v) is 12.0. The van der Waals surface area contributed by atoms with Gasteiger partial charge >= 0.3 is 0 Å². The first-order valence-corrected chi connectivity index (χ1v) is 15.3. The van der Waals surface area contributed by atoms with E-state index in [1.165, 1.54) is 137 Å². The van der Waals surface area contributed by atoms with Crippen LogP contribution >= 0.6 is 22.7 Å². The van der Waals surface area contributed by atoms with Crippen LogP contribution in [0.2, 0.25) is 0 Å². The molecule has 0 spiro atoms. The average molecular weight is 487 g/mol. The van der Waals surface area contributed by atoms with Crippen molar-refractivity contribution in [3.8, 4) is 0 Å². The lowest BCUT2D eigenvalue weighted by Gasteiger charge is -2.06. The van der Waals surface area contributed by atoms with Gasteiger partial charge in [0.15, 0.2) is 5.13 Å². The summed E-state index contributed by atoms with van der Waals surface area (Å²) < 4.78 is 0. The minimum absolute atomic E-state index is 0.901. The third kappa shape index (κ3) is 8.47. The van der Waals surface area contributed by atoms with Gasteiger partial charge in [-0.15, -0.1) is 11.3 Å². The van der Waals surface area contributed by atoms with Crippen molar-refractivity contribution in [2.75, 3.05) is 5.32 Å². The van der Waals surface area contributed by atoms with Crippen LogP contribution < -0.4 is 5.32 Å². The molecule has 2 aromatic rings. The van der Waals surface area contributed by atoms with Crippen LogP contribution in [0.1, 0.15) is 124 Å². The molecule has 2 aliphatic rings. The summed E-state index contributed by atoms with van der Waals surface area (Å²) in [5, 5.41) is 5.27. The molecular weight excluding hydrogens is 444 g/mol. The molecule has 0 radical (unpaired) electrons. The Balaban J connectivity index is 1.36. The van der Waals surface area contributed by atoms with E-state index < -0.39 is 0 Å². The first-order chi connectivity index (χ1) is 16.4. The molecule has 1 N–H and O–H groups in total. The van der Waals surface area contributed by atoms with Crippen LogP contribution in [0.15, 0.2) is 4.99 Å². The van der Waals surface area contributed by atoms with Crippen LogP contribution in [0.25, 0.3) is 0 Å². The van der Waals surface area contributed by atoms with Gasteiger partial charge in [-0.05, 0) is 51.4 Å². The zero-order valence-corrected chi connectivity index (χ0v) is 22.0. The van der Waals surface area contributed by atoms with Crippen LogP contribution in [-0.4, -0.2) is 16.3 Å². The average Bonchev–Trinajstić information content (AvgIpc) is 3.37. The summed E-state index contributed by atoms with van der Waals surface area (Å²) in [5.41, 5.74) is 2.64. The quantitative estimate of drug-likeness (QED) is 0.348. The highest BCUT2D eigenvalue weighted by Gasteiger charge is 2.13. The molecule has 0 unspecified atom stereocenters. The number of rotatable bonds is 3. The van der Waals surface area contributed by atoms with E-state index in [-0.39, 0.29) is 0 Å². The highest BCUT2D eigenvalue weighted by atomic mass is 32.1. The Morgan fingerprint density at radius 3 is 1.58 bits per heavy atom. The number of hydrogen-bond acceptors (Lipinski definition) is 5. The Morgan fingerprint density at radius 1 is 0.545 bits per heavy atom. The van der Waals surface area contributed by atoms with Gasteiger partial charge in [0.05, 0.1) is 17.7 Å². The van der Waals surface area contributed by atoms with Crippen molar-refractivity contribution in [1.29, 1.82) is 0 Å². The first kappa shape index (κ1) is 24.8. The van der Waals surface area contributed by atoms with Crippen molar-refractivity contribution in [3.05, 3.63) is 21.1 Å². The summed E-state index contributed by atoms with van der Waals surface area (Å²) in [5.74, 6) is 0. The van der Waals surface area contributed by atoms with Crippen molar-refractivity contribution in [3.63, 3.8) is 0 Å². The van der Waals surface area contributed by atoms with E-state index in [2.05, 4.69) is 10.3 Å². The number of nitrogens with one attached hydrogen (secondary N) is 1. The van der Waals surface area contributed by atoms with E-state index in [9.17, 15) is 0 Å². The standard InChI is InChI=1S/C27H42N4S2/c1-3-7-11-15-19-24-22(17-13-9-5-1)30-26(32-24)28-21-29-27-31-23-18-14-10-6-2-4-8-12-16-20-25(23)33-27/h21H,1-20H2,(H,28,29,30,31). The molecule has 0 aliphatic heterocycles. The number of thiazole rings is 2. The maximum absolute atomic E-state index is 4.94. The molecular formula is C27H42N4S2. The zero-order valence-electron chi connectivity index (χ0n) is 20.4. The third-order valence-electron chi connectivity index (χ3n) is 7.04. The zero-order chi connectivity index (χ0) is 22.6. The molecule has 0 saturated carbocycles. The van der Waals surface area contributed by atoms with E-state index >= 15 is 0 Å². The van der Waals surface area contributed by atoms with E-state index in [4.69, 9.17) is 9.97 Å². The van der Waals surface area contributed by atoms with Crippen molar-refractivity contribution in [2.45, 2.75) is 128 Å². The Kier molecular flexibility index (Phi) is 10.7. The minimum Gasteiger partial charge on any atom is -0.322 e. The number of hydrogen-bond donors (Lipinski definition) is 1. The Hall–Kier alpha value is -1.27. The Morgan fingerprint density at radius 2 is 1.00 bits per heavy atom. The number of aliphatic imine (C=N–C) groups is 1. The molecule has 2 aromatic heterocycles. The topological polar surface area (TPSA) is 50.2 Å². The molecule has 0 fully saturated rings. The van der Waals surface area contributed by atoms with Crippen molar-refractivity contribution in [1.82, 2.24) is 9.97 Å². The van der Waals surface area contributed by atoms with Gasteiger partial charge in [0.1, 0.15) is 0 Å². The summed E-state index contributed by atoms with van der Waals surface area (Å²) in [4.78, 5) is 17.5. The minimum atomic E-state index is 0.901. The predicted molar refractivity (Wildman–Crippen MR) is 145 cm³/mol. The lowest BCUT2D eigenvalue weighted by Crippen LogP contribution is -1.96. The highest BCUT2D eigenvalue weighted by Crippen LogP contribution is 2.30. The molecule has 4 rings (SSSR count). The smallest absolute Gasteiger partial charge is 0.210 e. The normalized spacial score (nSPS) is 20.0. The van der Waals surface area contributed by atoms with Crippen molar-refractivity contribution >= 4 is 39.3 Å². The van der Waals surface area contributed by atoms with Gasteiger partial charge < -0.3 is 5.32 Å². The van der Waals surface area contributed by atoms with Gasteiger partial charge in [-0.1, -0.05) is 88.4 Å². The molecule has 182 valence electrons. The summed E-state index contributed by atoms with van der Waals surface area (Å²) in [7, 11) is 0. The Labute approximate surface area is 208 Å². The van der Waals surface area contributed by atoms with Crippen LogP contribution in [0, 0.1) is 0 Å². The van der Waals surface area contributed by atoms with Gasteiger partial charge in [0.2, 0.25) is 5.13 Å². The highest BCUT2D eigenvalue weighted by molar-refractivity contribution is 7.16. The second-order valence-electron chi connectivity index (χ2n) is 9.81. The molecule has 4 nitrogen and oxygen atoms in total.